The van der Waals surface area contributed by atoms with Gasteiger partial charge in [-0.1, -0.05) is 48.5 Å². The Hall–Kier alpha value is -4.79. The van der Waals surface area contributed by atoms with Gasteiger partial charge in [0, 0.05) is 17.7 Å². The van der Waals surface area contributed by atoms with Crippen molar-refractivity contribution in [2.75, 3.05) is 19.0 Å². The van der Waals surface area contributed by atoms with Gasteiger partial charge in [0.05, 0.1) is 26.0 Å². The fourth-order valence-electron chi connectivity index (χ4n) is 3.47. The number of hydroxylamine groups is 2. The first-order valence-corrected chi connectivity index (χ1v) is 11.6. The highest BCUT2D eigenvalue weighted by molar-refractivity contribution is 5.89. The SMILES string of the molecule is COC(=O)ON(Cc1ccc(OCCc2nc(-c3ccccc3)oc2C)cc1)C(=O)Nc1ccccc1. The molecule has 3 aromatic carbocycles. The van der Waals surface area contributed by atoms with Crippen LogP contribution in [0.15, 0.2) is 89.3 Å². The number of amides is 2. The highest BCUT2D eigenvalue weighted by atomic mass is 16.8. The van der Waals surface area contributed by atoms with Crippen molar-refractivity contribution < 1.29 is 28.3 Å². The van der Waals surface area contributed by atoms with E-state index in [-0.39, 0.29) is 6.54 Å². The molecule has 0 atom stereocenters. The Morgan fingerprint density at radius 3 is 2.30 bits per heavy atom. The smallest absolute Gasteiger partial charge is 0.493 e. The van der Waals surface area contributed by atoms with Gasteiger partial charge in [0.1, 0.15) is 11.5 Å². The molecule has 37 heavy (non-hydrogen) atoms. The van der Waals surface area contributed by atoms with Gasteiger partial charge in [-0.25, -0.2) is 14.6 Å². The van der Waals surface area contributed by atoms with Crippen LogP contribution >= 0.6 is 0 Å². The van der Waals surface area contributed by atoms with E-state index in [0.717, 1.165) is 27.6 Å². The van der Waals surface area contributed by atoms with E-state index in [1.807, 2.05) is 43.3 Å². The van der Waals surface area contributed by atoms with Gasteiger partial charge >= 0.3 is 12.2 Å². The first-order valence-electron chi connectivity index (χ1n) is 11.6. The largest absolute Gasteiger partial charge is 0.533 e. The molecule has 9 nitrogen and oxygen atoms in total. The lowest BCUT2D eigenvalue weighted by Crippen LogP contribution is -2.36. The van der Waals surface area contributed by atoms with Crippen LogP contribution in [-0.4, -0.2) is 36.0 Å². The molecule has 0 aliphatic heterocycles. The maximum atomic E-state index is 12.7. The molecule has 4 aromatic rings. The first kappa shape index (κ1) is 25.3. The van der Waals surface area contributed by atoms with Gasteiger partial charge in [-0.2, -0.15) is 0 Å². The number of methoxy groups -OCH3 is 1. The molecular weight excluding hydrogens is 474 g/mol. The van der Waals surface area contributed by atoms with E-state index in [0.29, 0.717) is 30.4 Å². The van der Waals surface area contributed by atoms with Crippen LogP contribution in [0.1, 0.15) is 17.0 Å². The third kappa shape index (κ3) is 7.11. The van der Waals surface area contributed by atoms with Gasteiger partial charge in [0.25, 0.3) is 0 Å². The van der Waals surface area contributed by atoms with E-state index in [2.05, 4.69) is 15.0 Å². The number of aromatic nitrogens is 1. The standard InChI is InChI=1S/C28H27N3O6/c1-20-25(30-26(36-20)22-9-5-3-6-10-22)17-18-35-24-15-13-21(14-16-24)19-31(37-28(33)34-2)27(32)29-23-11-7-4-8-12-23/h3-16H,17-19H2,1-2H3,(H,29,32). The number of para-hydroxylation sites is 1. The number of hydrogen-bond acceptors (Lipinski definition) is 7. The summed E-state index contributed by atoms with van der Waals surface area (Å²) in [4.78, 5) is 34.0. The lowest BCUT2D eigenvalue weighted by molar-refractivity contribution is -0.0887. The topological polar surface area (TPSA) is 103 Å². The van der Waals surface area contributed by atoms with Crippen LogP contribution in [0.2, 0.25) is 0 Å². The molecule has 4 rings (SSSR count). The number of benzene rings is 3. The number of hydrogen-bond donors (Lipinski definition) is 1. The summed E-state index contributed by atoms with van der Waals surface area (Å²) in [5.74, 6) is 2.01. The summed E-state index contributed by atoms with van der Waals surface area (Å²) in [6.07, 6.45) is -0.411. The maximum absolute atomic E-state index is 12.7. The maximum Gasteiger partial charge on any atom is 0.533 e. The molecule has 0 aliphatic rings. The summed E-state index contributed by atoms with van der Waals surface area (Å²) >= 11 is 0. The lowest BCUT2D eigenvalue weighted by atomic mass is 10.2. The second kappa shape index (κ2) is 12.3. The molecule has 0 aliphatic carbocycles. The molecule has 9 heteroatoms. The summed E-state index contributed by atoms with van der Waals surface area (Å²) in [5, 5.41) is 3.57. The minimum atomic E-state index is -0.998. The van der Waals surface area contributed by atoms with Crippen molar-refractivity contribution in [1.29, 1.82) is 0 Å². The van der Waals surface area contributed by atoms with Crippen molar-refractivity contribution in [2.24, 2.45) is 0 Å². The Labute approximate surface area is 214 Å². The second-order valence-electron chi connectivity index (χ2n) is 8.01. The van der Waals surface area contributed by atoms with Crippen molar-refractivity contribution in [3.8, 4) is 17.2 Å². The van der Waals surface area contributed by atoms with Gasteiger partial charge in [0.15, 0.2) is 0 Å². The summed E-state index contributed by atoms with van der Waals surface area (Å²) in [6.45, 7) is 2.31. The second-order valence-corrected chi connectivity index (χ2v) is 8.01. The van der Waals surface area contributed by atoms with Crippen molar-refractivity contribution in [3.63, 3.8) is 0 Å². The van der Waals surface area contributed by atoms with Gasteiger partial charge in [0.2, 0.25) is 5.89 Å². The molecule has 2 amide bonds. The Kier molecular flexibility index (Phi) is 8.38. The van der Waals surface area contributed by atoms with E-state index in [4.69, 9.17) is 14.0 Å². The number of aryl methyl sites for hydroxylation is 1. The molecule has 0 bridgehead atoms. The normalized spacial score (nSPS) is 10.4. The van der Waals surface area contributed by atoms with Gasteiger partial charge in [-0.05, 0) is 48.9 Å². The number of carbonyl (C=O) groups is 2. The van der Waals surface area contributed by atoms with Crippen LogP contribution in [0.3, 0.4) is 0 Å². The zero-order chi connectivity index (χ0) is 26.0. The third-order valence-electron chi connectivity index (χ3n) is 5.37. The van der Waals surface area contributed by atoms with Crippen LogP contribution < -0.4 is 10.1 Å². The quantitative estimate of drug-likeness (QED) is 0.233. The number of carbonyl (C=O) groups excluding carboxylic acids is 2. The van der Waals surface area contributed by atoms with Crippen molar-refractivity contribution in [2.45, 2.75) is 19.9 Å². The average Bonchev–Trinajstić information content (AvgIpc) is 3.30. The molecule has 0 saturated carbocycles. The number of anilines is 1. The van der Waals surface area contributed by atoms with Gasteiger partial charge in [-0.15, -0.1) is 5.06 Å². The molecule has 0 spiro atoms. The molecule has 1 aromatic heterocycles. The highest BCUT2D eigenvalue weighted by Gasteiger charge is 2.20. The Balaban J connectivity index is 1.33. The molecule has 0 saturated heterocycles. The van der Waals surface area contributed by atoms with E-state index >= 15 is 0 Å². The van der Waals surface area contributed by atoms with Crippen LogP contribution in [0, 0.1) is 6.92 Å². The molecular formula is C28H27N3O6. The van der Waals surface area contributed by atoms with Gasteiger partial charge in [-0.3, -0.25) is 0 Å². The molecule has 190 valence electrons. The summed E-state index contributed by atoms with van der Waals surface area (Å²) in [7, 11) is 1.17. The van der Waals surface area contributed by atoms with Crippen molar-refractivity contribution >= 4 is 17.9 Å². The summed E-state index contributed by atoms with van der Waals surface area (Å²) < 4.78 is 16.2. The number of nitrogens with one attached hydrogen (secondary N) is 1. The predicted molar refractivity (Wildman–Crippen MR) is 137 cm³/mol. The number of ether oxygens (including phenoxy) is 2. The Morgan fingerprint density at radius 2 is 1.62 bits per heavy atom. The van der Waals surface area contributed by atoms with E-state index in [1.165, 1.54) is 7.11 Å². The van der Waals surface area contributed by atoms with Crippen molar-refractivity contribution in [1.82, 2.24) is 10.0 Å². The Morgan fingerprint density at radius 1 is 0.946 bits per heavy atom. The van der Waals surface area contributed by atoms with E-state index < -0.39 is 12.2 Å². The molecule has 1 heterocycles. The molecule has 0 unspecified atom stereocenters. The molecule has 1 N–H and O–H groups in total. The zero-order valence-electron chi connectivity index (χ0n) is 20.5. The number of rotatable bonds is 8. The first-order chi connectivity index (χ1) is 18.0. The van der Waals surface area contributed by atoms with E-state index in [9.17, 15) is 9.59 Å². The lowest BCUT2D eigenvalue weighted by Gasteiger charge is -2.21. The van der Waals surface area contributed by atoms with Crippen LogP contribution in [0.4, 0.5) is 15.3 Å². The highest BCUT2D eigenvalue weighted by Crippen LogP contribution is 2.22. The van der Waals surface area contributed by atoms with Crippen LogP contribution in [-0.2, 0) is 22.5 Å². The number of oxazole rings is 1. The summed E-state index contributed by atoms with van der Waals surface area (Å²) in [6, 6.07) is 25.1. The monoisotopic (exact) mass is 501 g/mol. The fraction of sp³-hybridized carbons (Fsp3) is 0.179. The number of urea groups is 1. The summed E-state index contributed by atoms with van der Waals surface area (Å²) in [5.41, 5.74) is 3.05. The Bertz CT molecular complexity index is 1310. The minimum Gasteiger partial charge on any atom is -0.493 e. The molecule has 0 fully saturated rings. The van der Waals surface area contributed by atoms with Gasteiger partial charge < -0.3 is 24.0 Å². The average molecular weight is 502 g/mol. The fourth-order valence-corrected chi connectivity index (χ4v) is 3.47. The van der Waals surface area contributed by atoms with Crippen LogP contribution in [0.5, 0.6) is 5.75 Å². The third-order valence-corrected chi connectivity index (χ3v) is 5.37. The minimum absolute atomic E-state index is 0.00838. The van der Waals surface area contributed by atoms with E-state index in [1.54, 1.807) is 48.5 Å². The number of nitrogens with zero attached hydrogens (tertiary/aromatic N) is 2. The molecule has 0 radical (unpaired) electrons. The van der Waals surface area contributed by atoms with Crippen LogP contribution in [0.25, 0.3) is 11.5 Å². The predicted octanol–water partition coefficient (Wildman–Crippen LogP) is 6.00. The zero-order valence-corrected chi connectivity index (χ0v) is 20.5. The van der Waals surface area contributed by atoms with Crippen molar-refractivity contribution in [3.05, 3.63) is 102 Å².